The van der Waals surface area contributed by atoms with Gasteiger partial charge in [-0.3, -0.25) is 14.2 Å². The number of methoxy groups -OCH3 is 1. The number of carbonyl (C=O) groups excluding carboxylic acids is 1. The van der Waals surface area contributed by atoms with E-state index in [-0.39, 0.29) is 11.5 Å². The molecule has 2 N–H and O–H groups in total. The maximum atomic E-state index is 13.0. The van der Waals surface area contributed by atoms with Gasteiger partial charge >= 0.3 is 0 Å². The van der Waals surface area contributed by atoms with Gasteiger partial charge in [0.05, 0.1) is 19.0 Å². The van der Waals surface area contributed by atoms with Crippen molar-refractivity contribution in [1.29, 1.82) is 0 Å². The first kappa shape index (κ1) is 18.5. The molecule has 4 aromatic rings. The van der Waals surface area contributed by atoms with Gasteiger partial charge in [0, 0.05) is 47.5 Å². The summed E-state index contributed by atoms with van der Waals surface area (Å²) in [5, 5.41) is 4.04. The quantitative estimate of drug-likeness (QED) is 0.532. The summed E-state index contributed by atoms with van der Waals surface area (Å²) in [5.74, 6) is 0.460. The van der Waals surface area contributed by atoms with Crippen molar-refractivity contribution in [3.8, 4) is 11.4 Å². The Kier molecular flexibility index (Phi) is 5.11. The Hall–Kier alpha value is -3.87. The normalized spacial score (nSPS) is 10.8. The smallest absolute Gasteiger partial charge is 0.262 e. The van der Waals surface area contributed by atoms with Gasteiger partial charge in [-0.05, 0) is 30.3 Å². The molecule has 29 heavy (non-hydrogen) atoms. The molecule has 146 valence electrons. The first-order valence-electron chi connectivity index (χ1n) is 9.21. The summed E-state index contributed by atoms with van der Waals surface area (Å²) in [7, 11) is 1.59. The molecule has 0 bridgehead atoms. The molecule has 0 aliphatic heterocycles. The highest BCUT2D eigenvalue weighted by molar-refractivity contribution is 6.06. The second-order valence-electron chi connectivity index (χ2n) is 6.54. The van der Waals surface area contributed by atoms with Gasteiger partial charge in [-0.1, -0.05) is 18.2 Å². The van der Waals surface area contributed by atoms with E-state index in [1.165, 1.54) is 4.57 Å². The Balaban J connectivity index is 1.71. The number of ether oxygens (including phenoxy) is 1. The van der Waals surface area contributed by atoms with E-state index in [4.69, 9.17) is 4.74 Å². The number of amides is 1. The minimum atomic E-state index is -0.233. The molecule has 0 aliphatic carbocycles. The topological polar surface area (TPSA) is 89.0 Å². The van der Waals surface area contributed by atoms with Crippen LogP contribution in [0.15, 0.2) is 72.0 Å². The number of benzene rings is 2. The fourth-order valence-corrected chi connectivity index (χ4v) is 3.23. The van der Waals surface area contributed by atoms with Crippen molar-refractivity contribution in [3.63, 3.8) is 0 Å². The average molecular weight is 388 g/mol. The summed E-state index contributed by atoms with van der Waals surface area (Å²) in [6, 6.07) is 14.3. The van der Waals surface area contributed by atoms with Gasteiger partial charge in [0.25, 0.3) is 11.5 Å². The molecule has 7 nitrogen and oxygen atoms in total. The van der Waals surface area contributed by atoms with Crippen molar-refractivity contribution in [2.75, 3.05) is 13.7 Å². The number of fused-ring (bicyclic) bond motifs is 1. The zero-order valence-electron chi connectivity index (χ0n) is 15.9. The van der Waals surface area contributed by atoms with Crippen LogP contribution in [0.5, 0.6) is 5.75 Å². The molecule has 0 atom stereocenters. The number of carbonyl (C=O) groups is 1. The second-order valence-corrected chi connectivity index (χ2v) is 6.54. The maximum absolute atomic E-state index is 13.0. The Morgan fingerprint density at radius 2 is 1.90 bits per heavy atom. The molecular formula is C22H20N4O3. The van der Waals surface area contributed by atoms with E-state index in [0.717, 1.165) is 5.69 Å². The molecule has 0 saturated heterocycles. The number of rotatable bonds is 6. The Morgan fingerprint density at radius 3 is 2.59 bits per heavy atom. The third kappa shape index (κ3) is 3.75. The van der Waals surface area contributed by atoms with Crippen molar-refractivity contribution in [1.82, 2.24) is 19.9 Å². The van der Waals surface area contributed by atoms with Crippen LogP contribution in [-0.2, 0) is 6.42 Å². The number of hydrogen-bond donors (Lipinski definition) is 2. The minimum Gasteiger partial charge on any atom is -0.497 e. The van der Waals surface area contributed by atoms with Crippen LogP contribution in [0.2, 0.25) is 0 Å². The van der Waals surface area contributed by atoms with Crippen LogP contribution in [0.25, 0.3) is 16.5 Å². The molecule has 1 amide bonds. The fraction of sp³-hybridized carbons (Fsp3) is 0.136. The minimum absolute atomic E-state index is 0.181. The van der Waals surface area contributed by atoms with E-state index in [9.17, 15) is 9.59 Å². The first-order chi connectivity index (χ1) is 14.2. The maximum Gasteiger partial charge on any atom is 0.262 e. The Labute approximate surface area is 167 Å². The van der Waals surface area contributed by atoms with Crippen molar-refractivity contribution in [3.05, 3.63) is 88.9 Å². The van der Waals surface area contributed by atoms with Crippen LogP contribution >= 0.6 is 0 Å². The van der Waals surface area contributed by atoms with Gasteiger partial charge in [-0.15, -0.1) is 0 Å². The van der Waals surface area contributed by atoms with E-state index in [0.29, 0.717) is 40.7 Å². The molecule has 2 aromatic heterocycles. The van der Waals surface area contributed by atoms with Crippen molar-refractivity contribution in [2.45, 2.75) is 6.42 Å². The highest BCUT2D eigenvalue weighted by atomic mass is 16.5. The lowest BCUT2D eigenvalue weighted by Crippen LogP contribution is -2.28. The number of aromatic nitrogens is 3. The van der Waals surface area contributed by atoms with Gasteiger partial charge < -0.3 is 15.0 Å². The van der Waals surface area contributed by atoms with E-state index < -0.39 is 0 Å². The first-order valence-corrected chi connectivity index (χ1v) is 9.21. The van der Waals surface area contributed by atoms with E-state index >= 15 is 0 Å². The summed E-state index contributed by atoms with van der Waals surface area (Å²) < 4.78 is 6.68. The highest BCUT2D eigenvalue weighted by Crippen LogP contribution is 2.19. The number of aromatic amines is 1. The van der Waals surface area contributed by atoms with Crippen molar-refractivity contribution < 1.29 is 9.53 Å². The van der Waals surface area contributed by atoms with Gasteiger partial charge in [0.2, 0.25) is 0 Å². The van der Waals surface area contributed by atoms with Crippen LogP contribution in [0.1, 0.15) is 16.1 Å². The lowest BCUT2D eigenvalue weighted by atomic mass is 10.1. The molecule has 0 saturated carbocycles. The summed E-state index contributed by atoms with van der Waals surface area (Å²) >= 11 is 0. The van der Waals surface area contributed by atoms with E-state index in [1.807, 2.05) is 6.07 Å². The van der Waals surface area contributed by atoms with Crippen LogP contribution in [-0.4, -0.2) is 34.1 Å². The van der Waals surface area contributed by atoms with Gasteiger partial charge in [-0.25, -0.2) is 4.98 Å². The monoisotopic (exact) mass is 388 g/mol. The van der Waals surface area contributed by atoms with E-state index in [1.54, 1.807) is 68.3 Å². The predicted molar refractivity (Wildman–Crippen MR) is 111 cm³/mol. The summed E-state index contributed by atoms with van der Waals surface area (Å²) in [4.78, 5) is 32.9. The zero-order valence-corrected chi connectivity index (χ0v) is 15.9. The molecule has 0 spiro atoms. The molecule has 0 aliphatic rings. The number of H-pyrrole nitrogens is 1. The standard InChI is InChI=1S/C22H20N4O3/c1-29-17-8-6-16(7-9-17)26-13-20(18-4-2-3-5-19(18)22(26)28)21(27)24-11-10-15-12-23-14-25-15/h2-9,12-14H,10-11H2,1H3,(H,23,25)(H,24,27). The summed E-state index contributed by atoms with van der Waals surface area (Å²) in [5.41, 5.74) is 1.87. The number of imidazole rings is 1. The lowest BCUT2D eigenvalue weighted by molar-refractivity contribution is 0.0955. The lowest BCUT2D eigenvalue weighted by Gasteiger charge is -2.13. The third-order valence-corrected chi connectivity index (χ3v) is 4.75. The van der Waals surface area contributed by atoms with Crippen molar-refractivity contribution >= 4 is 16.7 Å². The largest absolute Gasteiger partial charge is 0.497 e. The van der Waals surface area contributed by atoms with Gasteiger partial charge in [-0.2, -0.15) is 0 Å². The number of hydrogen-bond acceptors (Lipinski definition) is 4. The second kappa shape index (κ2) is 8.02. The molecule has 0 unspecified atom stereocenters. The summed E-state index contributed by atoms with van der Waals surface area (Å²) in [6.45, 7) is 0.455. The van der Waals surface area contributed by atoms with E-state index in [2.05, 4.69) is 15.3 Å². The predicted octanol–water partition coefficient (Wildman–Crippen LogP) is 2.69. The Bertz CT molecular complexity index is 1200. The van der Waals surface area contributed by atoms with Crippen LogP contribution in [0.3, 0.4) is 0 Å². The van der Waals surface area contributed by atoms with Crippen LogP contribution in [0.4, 0.5) is 0 Å². The highest BCUT2D eigenvalue weighted by Gasteiger charge is 2.15. The molecule has 2 aromatic carbocycles. The van der Waals surface area contributed by atoms with Gasteiger partial charge in [0.15, 0.2) is 0 Å². The van der Waals surface area contributed by atoms with Crippen molar-refractivity contribution in [2.24, 2.45) is 0 Å². The third-order valence-electron chi connectivity index (χ3n) is 4.75. The molecule has 4 rings (SSSR count). The molecule has 0 radical (unpaired) electrons. The van der Waals surface area contributed by atoms with Crippen LogP contribution in [0, 0.1) is 0 Å². The molecular weight excluding hydrogens is 368 g/mol. The summed E-state index contributed by atoms with van der Waals surface area (Å²) in [6.07, 6.45) is 5.57. The number of nitrogens with zero attached hydrogens (tertiary/aromatic N) is 2. The average Bonchev–Trinajstić information content (AvgIpc) is 3.28. The fourth-order valence-electron chi connectivity index (χ4n) is 3.23. The number of nitrogens with one attached hydrogen (secondary N) is 2. The molecule has 0 fully saturated rings. The molecule has 7 heteroatoms. The number of pyridine rings is 1. The SMILES string of the molecule is COc1ccc(-n2cc(C(=O)NCCc3cnc[nH]3)c3ccccc3c2=O)cc1. The zero-order chi connectivity index (χ0) is 20.2. The van der Waals surface area contributed by atoms with Crippen LogP contribution < -0.4 is 15.6 Å². The molecule has 2 heterocycles. The van der Waals surface area contributed by atoms with Gasteiger partial charge in [0.1, 0.15) is 5.75 Å². The Morgan fingerprint density at radius 1 is 1.14 bits per heavy atom.